The van der Waals surface area contributed by atoms with Gasteiger partial charge in [0.05, 0.1) is 12.7 Å². The molecule has 1 aromatic heterocycles. The zero-order valence-electron chi connectivity index (χ0n) is 19.3. The summed E-state index contributed by atoms with van der Waals surface area (Å²) < 4.78 is 51.8. The largest absolute Gasteiger partial charge is 0.467 e. The van der Waals surface area contributed by atoms with Crippen LogP contribution in [0.25, 0.3) is 11.1 Å². The quantitative estimate of drug-likeness (QED) is 0.671. The van der Waals surface area contributed by atoms with E-state index in [1.807, 2.05) is 0 Å². The minimum atomic E-state index is -4.71. The maximum Gasteiger partial charge on any atom is 0.417 e. The lowest BCUT2D eigenvalue weighted by molar-refractivity contribution is -0.143. The fraction of sp³-hybridized carbons (Fsp3) is 0.435. The van der Waals surface area contributed by atoms with Crippen LogP contribution < -0.4 is 10.9 Å². The number of halogens is 3. The number of amides is 1. The van der Waals surface area contributed by atoms with Crippen LogP contribution in [0.15, 0.2) is 35.1 Å². The lowest BCUT2D eigenvalue weighted by atomic mass is 9.95. The van der Waals surface area contributed by atoms with E-state index < -0.39 is 41.0 Å². The first-order valence-electron chi connectivity index (χ1n) is 10.1. The molecule has 2 rings (SSSR count). The minimum Gasteiger partial charge on any atom is -0.467 e. The summed E-state index contributed by atoms with van der Waals surface area (Å²) in [5, 5.41) is 2.45. The lowest BCUT2D eigenvalue weighted by Crippen LogP contribution is -2.45. The molecule has 7 nitrogen and oxygen atoms in total. The van der Waals surface area contributed by atoms with Gasteiger partial charge in [-0.05, 0) is 38.8 Å². The van der Waals surface area contributed by atoms with E-state index in [1.54, 1.807) is 32.9 Å². The molecule has 0 radical (unpaired) electrons. The second-order valence-electron chi connectivity index (χ2n) is 8.54. The molecular formula is C23H27F3N2O5. The number of hydrogen-bond donors (Lipinski definition) is 1. The summed E-state index contributed by atoms with van der Waals surface area (Å²) in [5.41, 5.74) is -1.65. The number of carbonyl (C=O) groups is 2. The Bertz CT molecular complexity index is 1080. The van der Waals surface area contributed by atoms with E-state index in [2.05, 4.69) is 5.32 Å². The fourth-order valence-electron chi connectivity index (χ4n) is 3.24. The van der Waals surface area contributed by atoms with Crippen molar-refractivity contribution in [2.24, 2.45) is 7.05 Å². The SMILES string of the molecule is COC(=O)[C@H](Cc1ccc(-c2c(C(F)(F)F)cc(=O)n(C)c2C)cc1)NC(=O)OC(C)(C)C. The summed E-state index contributed by atoms with van der Waals surface area (Å²) in [6.45, 7) is 6.47. The maximum absolute atomic E-state index is 13.6. The predicted octanol–water partition coefficient (Wildman–Crippen LogP) is 3.99. The number of methoxy groups -OCH3 is 1. The van der Waals surface area contributed by atoms with Gasteiger partial charge in [-0.25, -0.2) is 9.59 Å². The van der Waals surface area contributed by atoms with Crippen molar-refractivity contribution in [1.82, 2.24) is 9.88 Å². The highest BCUT2D eigenvalue weighted by Crippen LogP contribution is 2.38. The van der Waals surface area contributed by atoms with Gasteiger partial charge in [-0.1, -0.05) is 24.3 Å². The van der Waals surface area contributed by atoms with Gasteiger partial charge in [0.15, 0.2) is 0 Å². The molecule has 2 aromatic rings. The maximum atomic E-state index is 13.6. The van der Waals surface area contributed by atoms with E-state index in [9.17, 15) is 27.6 Å². The van der Waals surface area contributed by atoms with Crippen molar-refractivity contribution >= 4 is 12.1 Å². The zero-order chi connectivity index (χ0) is 25.1. The molecule has 1 aromatic carbocycles. The molecule has 0 aliphatic carbocycles. The van der Waals surface area contributed by atoms with Crippen molar-refractivity contribution in [2.75, 3.05) is 7.11 Å². The summed E-state index contributed by atoms with van der Waals surface area (Å²) in [7, 11) is 2.58. The lowest BCUT2D eigenvalue weighted by Gasteiger charge is -2.22. The van der Waals surface area contributed by atoms with Gasteiger partial charge in [-0.3, -0.25) is 4.79 Å². The first-order valence-corrected chi connectivity index (χ1v) is 10.1. The van der Waals surface area contributed by atoms with Crippen LogP contribution >= 0.6 is 0 Å². The first kappa shape index (κ1) is 26.0. The number of pyridine rings is 1. The number of aromatic nitrogens is 1. The number of benzene rings is 1. The molecule has 1 heterocycles. The molecule has 0 aliphatic rings. The van der Waals surface area contributed by atoms with Crippen LogP contribution in [-0.4, -0.2) is 35.4 Å². The van der Waals surface area contributed by atoms with Crippen LogP contribution in [0.1, 0.15) is 37.6 Å². The van der Waals surface area contributed by atoms with Gasteiger partial charge in [0, 0.05) is 30.8 Å². The van der Waals surface area contributed by atoms with Gasteiger partial charge in [0.25, 0.3) is 5.56 Å². The Kier molecular flexibility index (Phi) is 7.61. The molecule has 33 heavy (non-hydrogen) atoms. The van der Waals surface area contributed by atoms with Crippen molar-refractivity contribution in [3.05, 3.63) is 57.5 Å². The smallest absolute Gasteiger partial charge is 0.417 e. The normalized spacial score (nSPS) is 12.8. The standard InChI is InChI=1S/C23H27F3N2O5/c1-13-19(16(23(24,25)26)12-18(29)28(13)5)15-9-7-14(8-10-15)11-17(20(30)32-6)27-21(31)33-22(2,3)4/h7-10,12,17H,11H2,1-6H3,(H,27,31)/t17-/m0/s1. The average molecular weight is 468 g/mol. The van der Waals surface area contributed by atoms with Crippen molar-refractivity contribution in [2.45, 2.75) is 51.9 Å². The van der Waals surface area contributed by atoms with E-state index in [1.165, 1.54) is 33.2 Å². The first-order chi connectivity index (χ1) is 15.1. The third kappa shape index (κ3) is 6.59. The molecule has 0 unspecified atom stereocenters. The number of hydrogen-bond acceptors (Lipinski definition) is 5. The Balaban J connectivity index is 2.36. The highest BCUT2D eigenvalue weighted by Gasteiger charge is 2.35. The minimum absolute atomic E-state index is 0.0323. The van der Waals surface area contributed by atoms with Gasteiger partial charge >= 0.3 is 18.2 Å². The van der Waals surface area contributed by atoms with Crippen molar-refractivity contribution < 1.29 is 32.2 Å². The fourth-order valence-corrected chi connectivity index (χ4v) is 3.24. The molecule has 0 spiro atoms. The highest BCUT2D eigenvalue weighted by atomic mass is 19.4. The molecule has 0 saturated carbocycles. The molecular weight excluding hydrogens is 441 g/mol. The van der Waals surface area contributed by atoms with Crippen LogP contribution in [0.2, 0.25) is 0 Å². The van der Waals surface area contributed by atoms with Gasteiger partial charge < -0.3 is 19.4 Å². The third-order valence-corrected chi connectivity index (χ3v) is 4.90. The molecule has 1 atom stereocenters. The number of carbonyl (C=O) groups excluding carboxylic acids is 2. The van der Waals surface area contributed by atoms with E-state index in [4.69, 9.17) is 9.47 Å². The topological polar surface area (TPSA) is 86.6 Å². The molecule has 0 fully saturated rings. The summed E-state index contributed by atoms with van der Waals surface area (Å²) in [6.07, 6.45) is -5.48. The Morgan fingerprint density at radius 3 is 2.18 bits per heavy atom. The van der Waals surface area contributed by atoms with Crippen LogP contribution in [-0.2, 0) is 33.9 Å². The Labute approximate surface area is 189 Å². The number of nitrogens with zero attached hydrogens (tertiary/aromatic N) is 1. The van der Waals surface area contributed by atoms with Crippen LogP contribution in [0.3, 0.4) is 0 Å². The van der Waals surface area contributed by atoms with E-state index in [0.717, 1.165) is 4.57 Å². The molecule has 0 bridgehead atoms. The zero-order valence-corrected chi connectivity index (χ0v) is 19.3. The van der Waals surface area contributed by atoms with Crippen LogP contribution in [0, 0.1) is 6.92 Å². The van der Waals surface area contributed by atoms with E-state index in [0.29, 0.717) is 11.6 Å². The number of esters is 1. The monoisotopic (exact) mass is 468 g/mol. The van der Waals surface area contributed by atoms with Gasteiger partial charge in [0.1, 0.15) is 11.6 Å². The highest BCUT2D eigenvalue weighted by molar-refractivity contribution is 5.81. The van der Waals surface area contributed by atoms with E-state index >= 15 is 0 Å². The Morgan fingerprint density at radius 2 is 1.70 bits per heavy atom. The van der Waals surface area contributed by atoms with Crippen molar-refractivity contribution in [3.63, 3.8) is 0 Å². The molecule has 0 saturated heterocycles. The molecule has 0 aliphatic heterocycles. The summed E-state index contributed by atoms with van der Waals surface area (Å²) in [4.78, 5) is 36.1. The number of ether oxygens (including phenoxy) is 2. The van der Waals surface area contributed by atoms with Crippen molar-refractivity contribution in [3.8, 4) is 11.1 Å². The van der Waals surface area contributed by atoms with Gasteiger partial charge in [-0.15, -0.1) is 0 Å². The molecule has 180 valence electrons. The van der Waals surface area contributed by atoms with Gasteiger partial charge in [-0.2, -0.15) is 13.2 Å². The van der Waals surface area contributed by atoms with Gasteiger partial charge in [0.2, 0.25) is 0 Å². The predicted molar refractivity (Wildman–Crippen MR) is 116 cm³/mol. The second kappa shape index (κ2) is 9.68. The number of alkyl carbamates (subject to hydrolysis) is 1. The van der Waals surface area contributed by atoms with Crippen molar-refractivity contribution in [1.29, 1.82) is 0 Å². The summed E-state index contributed by atoms with van der Waals surface area (Å²) >= 11 is 0. The van der Waals surface area contributed by atoms with Crippen LogP contribution in [0.4, 0.5) is 18.0 Å². The van der Waals surface area contributed by atoms with Crippen LogP contribution in [0.5, 0.6) is 0 Å². The number of alkyl halides is 3. The summed E-state index contributed by atoms with van der Waals surface area (Å²) in [6, 6.07) is 5.56. The Hall–Kier alpha value is -3.30. The Morgan fingerprint density at radius 1 is 1.12 bits per heavy atom. The summed E-state index contributed by atoms with van der Waals surface area (Å²) in [5.74, 6) is -0.696. The second-order valence-corrected chi connectivity index (χ2v) is 8.54. The van der Waals surface area contributed by atoms with E-state index in [-0.39, 0.29) is 23.2 Å². The third-order valence-electron chi connectivity index (χ3n) is 4.90. The molecule has 1 N–H and O–H groups in total. The number of nitrogens with one attached hydrogen (secondary N) is 1. The molecule has 10 heteroatoms. The number of rotatable bonds is 5. The molecule has 1 amide bonds. The average Bonchev–Trinajstić information content (AvgIpc) is 2.69.